The highest BCUT2D eigenvalue weighted by Crippen LogP contribution is 2.20. The number of esters is 1. The lowest BCUT2D eigenvalue weighted by molar-refractivity contribution is 0.0487. The van der Waals surface area contributed by atoms with Crippen LogP contribution in [-0.4, -0.2) is 41.4 Å². The number of rotatable bonds is 5. The van der Waals surface area contributed by atoms with Gasteiger partial charge in [0.1, 0.15) is 11.3 Å². The second-order valence-corrected chi connectivity index (χ2v) is 7.92. The molecule has 0 radical (unpaired) electrons. The van der Waals surface area contributed by atoms with E-state index in [1.165, 1.54) is 7.11 Å². The minimum absolute atomic E-state index is 0.123. The van der Waals surface area contributed by atoms with E-state index < -0.39 is 5.60 Å². The van der Waals surface area contributed by atoms with Crippen LogP contribution in [-0.2, 0) is 23.1 Å². The predicted molar refractivity (Wildman–Crippen MR) is 99.0 cm³/mol. The van der Waals surface area contributed by atoms with Crippen molar-refractivity contribution >= 4 is 12.1 Å². The summed E-state index contributed by atoms with van der Waals surface area (Å²) in [7, 11) is 3.21. The van der Waals surface area contributed by atoms with Crippen LogP contribution < -0.4 is 10.6 Å². The second-order valence-electron chi connectivity index (χ2n) is 7.92. The lowest BCUT2D eigenvalue weighted by atomic mass is 9.91. The van der Waals surface area contributed by atoms with Crippen molar-refractivity contribution in [2.75, 3.05) is 7.11 Å². The molecule has 1 aromatic rings. The molecule has 2 atom stereocenters. The highest BCUT2D eigenvalue weighted by molar-refractivity contribution is 5.87. The number of nitrogens with zero attached hydrogens (tertiary/aromatic N) is 1. The van der Waals surface area contributed by atoms with Crippen molar-refractivity contribution < 1.29 is 19.1 Å². The van der Waals surface area contributed by atoms with E-state index in [-0.39, 0.29) is 18.1 Å². The number of carbonyl (C=O) groups excluding carboxylic acids is 2. The first kappa shape index (κ1) is 20.3. The van der Waals surface area contributed by atoms with Gasteiger partial charge < -0.3 is 24.7 Å². The van der Waals surface area contributed by atoms with E-state index in [0.717, 1.165) is 31.2 Å². The minimum Gasteiger partial charge on any atom is -0.464 e. The SMILES string of the molecule is COC(=O)c1cc(CN[C@H]2CCC[C@@H](NC(=O)OC(C)(C)C)C2)cn1C. The number of aromatic nitrogens is 1. The van der Waals surface area contributed by atoms with Crippen LogP contribution in [0.25, 0.3) is 0 Å². The van der Waals surface area contributed by atoms with Gasteiger partial charge in [0, 0.05) is 31.9 Å². The van der Waals surface area contributed by atoms with Gasteiger partial charge in [-0.2, -0.15) is 0 Å². The van der Waals surface area contributed by atoms with Crippen LogP contribution >= 0.6 is 0 Å². The monoisotopic (exact) mass is 365 g/mol. The van der Waals surface area contributed by atoms with Crippen LogP contribution in [0.3, 0.4) is 0 Å². The average molecular weight is 365 g/mol. The third-order valence-corrected chi connectivity index (χ3v) is 4.45. The molecule has 0 unspecified atom stereocenters. The van der Waals surface area contributed by atoms with Crippen molar-refractivity contribution in [3.63, 3.8) is 0 Å². The quantitative estimate of drug-likeness (QED) is 0.784. The molecule has 2 rings (SSSR count). The Labute approximate surface area is 155 Å². The highest BCUT2D eigenvalue weighted by atomic mass is 16.6. The average Bonchev–Trinajstić information content (AvgIpc) is 2.91. The zero-order chi connectivity index (χ0) is 19.3. The molecule has 1 amide bonds. The number of aryl methyl sites for hydroxylation is 1. The Bertz CT molecular complexity index is 633. The molecule has 7 nitrogen and oxygen atoms in total. The van der Waals surface area contributed by atoms with Crippen molar-refractivity contribution in [3.8, 4) is 0 Å². The van der Waals surface area contributed by atoms with Crippen molar-refractivity contribution in [2.45, 2.75) is 70.7 Å². The van der Waals surface area contributed by atoms with E-state index in [4.69, 9.17) is 9.47 Å². The van der Waals surface area contributed by atoms with E-state index in [2.05, 4.69) is 10.6 Å². The van der Waals surface area contributed by atoms with Gasteiger partial charge in [0.25, 0.3) is 0 Å². The summed E-state index contributed by atoms with van der Waals surface area (Å²) in [5.74, 6) is -0.335. The van der Waals surface area contributed by atoms with Gasteiger partial charge in [-0.25, -0.2) is 9.59 Å². The maximum atomic E-state index is 11.9. The normalized spacial score (nSPS) is 20.5. The van der Waals surface area contributed by atoms with Gasteiger partial charge in [-0.05, 0) is 58.1 Å². The molecule has 1 fully saturated rings. The molecule has 146 valence electrons. The van der Waals surface area contributed by atoms with Crippen LogP contribution in [0.15, 0.2) is 12.3 Å². The first-order valence-corrected chi connectivity index (χ1v) is 9.14. The fraction of sp³-hybridized carbons (Fsp3) is 0.684. The number of hydrogen-bond donors (Lipinski definition) is 2. The Hall–Kier alpha value is -2.02. The predicted octanol–water partition coefficient (Wildman–Crippen LogP) is 2.74. The lowest BCUT2D eigenvalue weighted by Gasteiger charge is -2.31. The Kier molecular flexibility index (Phi) is 6.69. The summed E-state index contributed by atoms with van der Waals surface area (Å²) in [5.41, 5.74) is 1.09. The molecule has 0 aromatic carbocycles. The zero-order valence-electron chi connectivity index (χ0n) is 16.4. The van der Waals surface area contributed by atoms with E-state index in [0.29, 0.717) is 18.3 Å². The van der Waals surface area contributed by atoms with E-state index in [1.807, 2.05) is 40.1 Å². The molecule has 0 bridgehead atoms. The molecule has 1 aliphatic carbocycles. The number of carbonyl (C=O) groups is 2. The van der Waals surface area contributed by atoms with Gasteiger partial charge in [-0.1, -0.05) is 0 Å². The maximum Gasteiger partial charge on any atom is 0.407 e. The van der Waals surface area contributed by atoms with Crippen LogP contribution in [0.4, 0.5) is 4.79 Å². The van der Waals surface area contributed by atoms with Crippen molar-refractivity contribution in [1.82, 2.24) is 15.2 Å². The number of amides is 1. The van der Waals surface area contributed by atoms with Crippen LogP contribution in [0.5, 0.6) is 0 Å². The zero-order valence-corrected chi connectivity index (χ0v) is 16.4. The standard InChI is InChI=1S/C19H31N3O4/c1-19(2,3)26-18(24)21-15-8-6-7-14(10-15)20-11-13-9-16(17(23)25-5)22(4)12-13/h9,12,14-15,20H,6-8,10-11H2,1-5H3,(H,21,24)/t14-,15+/m0/s1. The molecule has 1 heterocycles. The molecule has 1 aromatic heterocycles. The first-order chi connectivity index (χ1) is 12.2. The summed E-state index contributed by atoms with van der Waals surface area (Å²) in [6.45, 7) is 6.26. The summed E-state index contributed by atoms with van der Waals surface area (Å²) >= 11 is 0. The maximum absolute atomic E-state index is 11.9. The van der Waals surface area contributed by atoms with Gasteiger partial charge in [-0.15, -0.1) is 0 Å². The van der Waals surface area contributed by atoms with Gasteiger partial charge in [0.2, 0.25) is 0 Å². The summed E-state index contributed by atoms with van der Waals surface area (Å²) in [6, 6.07) is 2.29. The molecule has 2 N–H and O–H groups in total. The molecule has 0 aliphatic heterocycles. The van der Waals surface area contributed by atoms with Gasteiger partial charge in [0.05, 0.1) is 7.11 Å². The molecular formula is C19H31N3O4. The van der Waals surface area contributed by atoms with Crippen molar-refractivity contribution in [2.24, 2.45) is 7.05 Å². The Morgan fingerprint density at radius 1 is 1.27 bits per heavy atom. The molecule has 7 heteroatoms. The van der Waals surface area contributed by atoms with E-state index >= 15 is 0 Å². The summed E-state index contributed by atoms with van der Waals surface area (Å²) in [4.78, 5) is 23.6. The highest BCUT2D eigenvalue weighted by Gasteiger charge is 2.25. The van der Waals surface area contributed by atoms with Crippen LogP contribution in [0.2, 0.25) is 0 Å². The van der Waals surface area contributed by atoms with Gasteiger partial charge in [0.15, 0.2) is 0 Å². The molecule has 26 heavy (non-hydrogen) atoms. The van der Waals surface area contributed by atoms with Gasteiger partial charge in [-0.3, -0.25) is 0 Å². The van der Waals surface area contributed by atoms with E-state index in [9.17, 15) is 9.59 Å². The third-order valence-electron chi connectivity index (χ3n) is 4.45. The number of ether oxygens (including phenoxy) is 2. The van der Waals surface area contributed by atoms with Crippen molar-refractivity contribution in [3.05, 3.63) is 23.5 Å². The topological polar surface area (TPSA) is 81.6 Å². The Balaban J connectivity index is 1.83. The third kappa shape index (κ3) is 6.05. The number of alkyl carbamates (subject to hydrolysis) is 1. The molecule has 0 saturated heterocycles. The molecule has 0 spiro atoms. The largest absolute Gasteiger partial charge is 0.464 e. The number of nitrogens with one attached hydrogen (secondary N) is 2. The summed E-state index contributed by atoms with van der Waals surface area (Å²) in [6.07, 6.45) is 5.54. The summed E-state index contributed by atoms with van der Waals surface area (Å²) in [5, 5.41) is 6.50. The Morgan fingerprint density at radius 3 is 2.62 bits per heavy atom. The lowest BCUT2D eigenvalue weighted by Crippen LogP contribution is -2.45. The molecule has 1 saturated carbocycles. The minimum atomic E-state index is -0.485. The Morgan fingerprint density at radius 2 is 1.96 bits per heavy atom. The van der Waals surface area contributed by atoms with Crippen LogP contribution in [0.1, 0.15) is 62.5 Å². The smallest absolute Gasteiger partial charge is 0.407 e. The molecular weight excluding hydrogens is 334 g/mol. The van der Waals surface area contributed by atoms with Crippen molar-refractivity contribution in [1.29, 1.82) is 0 Å². The van der Waals surface area contributed by atoms with E-state index in [1.54, 1.807) is 4.57 Å². The second kappa shape index (κ2) is 8.58. The number of hydrogen-bond acceptors (Lipinski definition) is 5. The van der Waals surface area contributed by atoms with Crippen LogP contribution in [0, 0.1) is 0 Å². The summed E-state index contributed by atoms with van der Waals surface area (Å²) < 4.78 is 11.9. The van der Waals surface area contributed by atoms with Gasteiger partial charge >= 0.3 is 12.1 Å². The first-order valence-electron chi connectivity index (χ1n) is 9.14. The fourth-order valence-corrected chi connectivity index (χ4v) is 3.28. The number of methoxy groups -OCH3 is 1. The fourth-order valence-electron chi connectivity index (χ4n) is 3.28. The molecule has 1 aliphatic rings.